The summed E-state index contributed by atoms with van der Waals surface area (Å²) < 4.78 is 4.82. The van der Waals surface area contributed by atoms with Crippen LogP contribution in [-0.4, -0.2) is 35.1 Å². The third-order valence-electron chi connectivity index (χ3n) is 2.53. The van der Waals surface area contributed by atoms with Gasteiger partial charge in [-0.15, -0.1) is 35.3 Å². The summed E-state index contributed by atoms with van der Waals surface area (Å²) in [6.07, 6.45) is 1.57. The minimum absolute atomic E-state index is 0. The van der Waals surface area contributed by atoms with Gasteiger partial charge in [-0.3, -0.25) is 4.99 Å². The molecule has 0 spiro atoms. The summed E-state index contributed by atoms with van der Waals surface area (Å²) in [4.78, 5) is 10.6. The van der Waals surface area contributed by atoms with Crippen LogP contribution in [0.1, 0.15) is 16.4 Å². The number of aryl methyl sites for hydroxylation is 1. The Hall–Kier alpha value is -1.16. The Morgan fingerprint density at radius 1 is 1.55 bits per heavy atom. The zero-order valence-electron chi connectivity index (χ0n) is 11.7. The molecule has 1 N–H and O–H groups in total. The van der Waals surface area contributed by atoms with Crippen molar-refractivity contribution < 1.29 is 4.52 Å². The molecule has 2 aromatic rings. The SMILES string of the molecule is CN=C(NCc1nc(C)cs1)N(C)Cc1ccon1.I. The van der Waals surface area contributed by atoms with E-state index < -0.39 is 0 Å². The average molecular weight is 407 g/mol. The van der Waals surface area contributed by atoms with Crippen LogP contribution < -0.4 is 5.32 Å². The summed E-state index contributed by atoms with van der Waals surface area (Å²) in [6, 6.07) is 1.84. The highest BCUT2D eigenvalue weighted by molar-refractivity contribution is 14.0. The predicted molar refractivity (Wildman–Crippen MR) is 90.4 cm³/mol. The second-order valence-electron chi connectivity index (χ2n) is 4.13. The predicted octanol–water partition coefficient (Wildman–Crippen LogP) is 2.26. The van der Waals surface area contributed by atoms with E-state index in [2.05, 4.69) is 20.4 Å². The highest BCUT2D eigenvalue weighted by Gasteiger charge is 2.09. The molecule has 20 heavy (non-hydrogen) atoms. The fourth-order valence-corrected chi connectivity index (χ4v) is 2.37. The van der Waals surface area contributed by atoms with Crippen LogP contribution in [0.2, 0.25) is 0 Å². The van der Waals surface area contributed by atoms with Gasteiger partial charge >= 0.3 is 0 Å². The lowest BCUT2D eigenvalue weighted by Gasteiger charge is -2.20. The van der Waals surface area contributed by atoms with E-state index in [1.165, 1.54) is 0 Å². The van der Waals surface area contributed by atoms with Crippen molar-refractivity contribution >= 4 is 41.3 Å². The van der Waals surface area contributed by atoms with E-state index >= 15 is 0 Å². The molecule has 0 aromatic carbocycles. The van der Waals surface area contributed by atoms with Crippen LogP contribution in [0.25, 0.3) is 0 Å². The Morgan fingerprint density at radius 2 is 2.35 bits per heavy atom. The molecule has 2 rings (SSSR count). The maximum absolute atomic E-state index is 4.82. The van der Waals surface area contributed by atoms with Crippen LogP contribution in [0.5, 0.6) is 0 Å². The van der Waals surface area contributed by atoms with E-state index in [4.69, 9.17) is 4.52 Å². The highest BCUT2D eigenvalue weighted by atomic mass is 127. The number of guanidine groups is 1. The number of aromatic nitrogens is 2. The lowest BCUT2D eigenvalue weighted by atomic mass is 10.4. The van der Waals surface area contributed by atoms with E-state index in [9.17, 15) is 0 Å². The van der Waals surface area contributed by atoms with Gasteiger partial charge in [-0.05, 0) is 6.92 Å². The van der Waals surface area contributed by atoms with Gasteiger partial charge in [0.2, 0.25) is 0 Å². The first-order chi connectivity index (χ1) is 9.19. The number of halogens is 1. The number of thiazole rings is 1. The molecule has 0 atom stereocenters. The van der Waals surface area contributed by atoms with E-state index in [0.717, 1.165) is 22.4 Å². The van der Waals surface area contributed by atoms with E-state index in [0.29, 0.717) is 13.1 Å². The summed E-state index contributed by atoms with van der Waals surface area (Å²) >= 11 is 1.64. The molecule has 8 heteroatoms. The van der Waals surface area contributed by atoms with Crippen molar-refractivity contribution in [1.29, 1.82) is 0 Å². The topological polar surface area (TPSA) is 66.6 Å². The van der Waals surface area contributed by atoms with Gasteiger partial charge in [-0.1, -0.05) is 5.16 Å². The Bertz CT molecular complexity index is 540. The monoisotopic (exact) mass is 407 g/mol. The van der Waals surface area contributed by atoms with Gasteiger partial charge in [0.25, 0.3) is 0 Å². The molecule has 0 amide bonds. The Balaban J connectivity index is 0.00000200. The van der Waals surface area contributed by atoms with Crippen molar-refractivity contribution in [2.24, 2.45) is 4.99 Å². The Labute approximate surface area is 139 Å². The minimum Gasteiger partial charge on any atom is -0.364 e. The second-order valence-corrected chi connectivity index (χ2v) is 5.07. The molecule has 6 nitrogen and oxygen atoms in total. The second kappa shape index (κ2) is 8.20. The number of nitrogens with one attached hydrogen (secondary N) is 1. The smallest absolute Gasteiger partial charge is 0.194 e. The molecule has 0 bridgehead atoms. The van der Waals surface area contributed by atoms with Crippen LogP contribution in [0.4, 0.5) is 0 Å². The number of hydrogen-bond acceptors (Lipinski definition) is 5. The fourth-order valence-electron chi connectivity index (χ4n) is 1.66. The summed E-state index contributed by atoms with van der Waals surface area (Å²) in [7, 11) is 3.71. The van der Waals surface area contributed by atoms with Crippen LogP contribution in [0.15, 0.2) is 27.2 Å². The van der Waals surface area contributed by atoms with E-state index in [1.807, 2.05) is 30.3 Å². The lowest BCUT2D eigenvalue weighted by Crippen LogP contribution is -2.38. The molecule has 2 heterocycles. The maximum atomic E-state index is 4.82. The molecular formula is C12H18IN5OS. The van der Waals surface area contributed by atoms with Gasteiger partial charge in [-0.25, -0.2) is 4.98 Å². The van der Waals surface area contributed by atoms with Crippen LogP contribution in [0.3, 0.4) is 0 Å². The molecule has 0 aliphatic rings. The molecule has 110 valence electrons. The van der Waals surface area contributed by atoms with Crippen molar-refractivity contribution in [2.75, 3.05) is 14.1 Å². The van der Waals surface area contributed by atoms with E-state index in [-0.39, 0.29) is 24.0 Å². The largest absolute Gasteiger partial charge is 0.364 e. The van der Waals surface area contributed by atoms with Crippen LogP contribution >= 0.6 is 35.3 Å². The number of rotatable bonds is 4. The standard InChI is InChI=1S/C12H17N5OS.HI/c1-9-8-19-11(15-9)6-14-12(13-2)17(3)7-10-4-5-18-16-10;/h4-5,8H,6-7H2,1-3H3,(H,13,14);1H. The normalized spacial score (nSPS) is 11.1. The van der Waals surface area contributed by atoms with Crippen LogP contribution in [-0.2, 0) is 13.1 Å². The first-order valence-electron chi connectivity index (χ1n) is 5.91. The zero-order valence-corrected chi connectivity index (χ0v) is 14.8. The Morgan fingerprint density at radius 3 is 2.90 bits per heavy atom. The third-order valence-corrected chi connectivity index (χ3v) is 3.49. The van der Waals surface area contributed by atoms with Gasteiger partial charge in [0, 0.05) is 31.2 Å². The van der Waals surface area contributed by atoms with Crippen molar-refractivity contribution in [2.45, 2.75) is 20.0 Å². The molecule has 0 saturated carbocycles. The summed E-state index contributed by atoms with van der Waals surface area (Å²) in [6.45, 7) is 3.31. The van der Waals surface area contributed by atoms with E-state index in [1.54, 1.807) is 24.6 Å². The summed E-state index contributed by atoms with van der Waals surface area (Å²) in [5, 5.41) is 10.3. The molecule has 0 aliphatic carbocycles. The Kier molecular flexibility index (Phi) is 6.93. The fraction of sp³-hybridized carbons (Fsp3) is 0.417. The lowest BCUT2D eigenvalue weighted by molar-refractivity contribution is 0.391. The molecular weight excluding hydrogens is 389 g/mol. The summed E-state index contributed by atoms with van der Waals surface area (Å²) in [5.74, 6) is 0.802. The number of nitrogens with zero attached hydrogens (tertiary/aromatic N) is 4. The van der Waals surface area contributed by atoms with Gasteiger partial charge in [0.15, 0.2) is 5.96 Å². The first-order valence-corrected chi connectivity index (χ1v) is 6.79. The molecule has 0 unspecified atom stereocenters. The van der Waals surface area contributed by atoms with Crippen molar-refractivity contribution in [1.82, 2.24) is 20.4 Å². The van der Waals surface area contributed by atoms with Crippen molar-refractivity contribution in [3.63, 3.8) is 0 Å². The molecule has 0 aliphatic heterocycles. The first kappa shape index (κ1) is 16.9. The van der Waals surface area contributed by atoms with Crippen LogP contribution in [0, 0.1) is 6.92 Å². The van der Waals surface area contributed by atoms with Crippen molar-refractivity contribution in [3.8, 4) is 0 Å². The van der Waals surface area contributed by atoms with Crippen molar-refractivity contribution in [3.05, 3.63) is 34.1 Å². The van der Waals surface area contributed by atoms with Gasteiger partial charge in [0.1, 0.15) is 17.0 Å². The summed E-state index contributed by atoms with van der Waals surface area (Å²) in [5.41, 5.74) is 1.92. The van der Waals surface area contributed by atoms with Gasteiger partial charge in [-0.2, -0.15) is 0 Å². The quantitative estimate of drug-likeness (QED) is 0.479. The average Bonchev–Trinajstić information content (AvgIpc) is 3.02. The van der Waals surface area contributed by atoms with Gasteiger partial charge in [0.05, 0.1) is 13.1 Å². The molecule has 2 aromatic heterocycles. The minimum atomic E-state index is 0. The number of aliphatic imine (C=N–C) groups is 1. The van der Waals surface area contributed by atoms with Gasteiger partial charge < -0.3 is 14.7 Å². The number of hydrogen-bond donors (Lipinski definition) is 1. The molecule has 0 fully saturated rings. The molecule has 0 saturated heterocycles. The maximum Gasteiger partial charge on any atom is 0.194 e. The zero-order chi connectivity index (χ0) is 13.7. The third kappa shape index (κ3) is 4.75. The molecule has 0 radical (unpaired) electrons. The highest BCUT2D eigenvalue weighted by Crippen LogP contribution is 2.08.